The van der Waals surface area contributed by atoms with E-state index < -0.39 is 0 Å². The van der Waals surface area contributed by atoms with Gasteiger partial charge in [0.2, 0.25) is 0 Å². The number of hydrogen-bond donors (Lipinski definition) is 1. The zero-order chi connectivity index (χ0) is 8.39. The molecule has 2 fully saturated rings. The molecule has 0 amide bonds. The van der Waals surface area contributed by atoms with E-state index in [-0.39, 0.29) is 0 Å². The normalized spacial score (nSPS) is 25.2. The molecule has 1 N–H and O–H groups in total. The lowest BCUT2D eigenvalue weighted by Crippen LogP contribution is -2.44. The first-order valence-corrected chi connectivity index (χ1v) is 4.79. The highest BCUT2D eigenvalue weighted by atomic mass is 16.5. The summed E-state index contributed by atoms with van der Waals surface area (Å²) in [5.41, 5.74) is 0. The van der Waals surface area contributed by atoms with Crippen molar-refractivity contribution in [1.82, 2.24) is 4.90 Å². The van der Waals surface area contributed by atoms with Crippen LogP contribution < -0.4 is 0 Å². The van der Waals surface area contributed by atoms with Crippen molar-refractivity contribution in [3.63, 3.8) is 0 Å². The molecule has 0 unspecified atom stereocenters. The van der Waals surface area contributed by atoms with Gasteiger partial charge in [-0.15, -0.1) is 0 Å². The Morgan fingerprint density at radius 2 is 1.92 bits per heavy atom. The predicted molar refractivity (Wildman–Crippen MR) is 47.5 cm³/mol. The summed E-state index contributed by atoms with van der Waals surface area (Å²) in [4.78, 5) is 2.17. The number of nitrogens with one attached hydrogen (secondary N) is 1. The minimum Gasteiger partial charge on any atom is -0.378 e. The van der Waals surface area contributed by atoms with Crippen molar-refractivity contribution in [2.24, 2.45) is 5.92 Å². The Bertz CT molecular complexity index is 171. The van der Waals surface area contributed by atoms with Crippen LogP contribution in [0.3, 0.4) is 0 Å². The predicted octanol–water partition coefficient (Wildman–Crippen LogP) is 1.10. The largest absolute Gasteiger partial charge is 0.378 e. The third-order valence-corrected chi connectivity index (χ3v) is 2.84. The molecule has 12 heavy (non-hydrogen) atoms. The summed E-state index contributed by atoms with van der Waals surface area (Å²) in [6.45, 7) is 3.45. The first-order chi connectivity index (χ1) is 5.88. The Hall–Kier alpha value is -0.570. The van der Waals surface area contributed by atoms with E-state index in [9.17, 15) is 0 Å². The van der Waals surface area contributed by atoms with Crippen LogP contribution in [0.4, 0.5) is 0 Å². The molecule has 68 valence electrons. The van der Waals surface area contributed by atoms with Gasteiger partial charge in [0.15, 0.2) is 0 Å². The maximum atomic E-state index is 7.91. The molecule has 0 aromatic carbocycles. The summed E-state index contributed by atoms with van der Waals surface area (Å²) in [6.07, 6.45) is 3.78. The summed E-state index contributed by atoms with van der Waals surface area (Å²) in [7, 11) is 0. The fourth-order valence-corrected chi connectivity index (χ4v) is 1.74. The van der Waals surface area contributed by atoms with Crippen LogP contribution in [0.5, 0.6) is 0 Å². The van der Waals surface area contributed by atoms with E-state index in [0.717, 1.165) is 32.1 Å². The SMILES string of the molecule is N=C(C1CCC1)N1CCOCC1. The lowest BCUT2D eigenvalue weighted by Gasteiger charge is -2.36. The fourth-order valence-electron chi connectivity index (χ4n) is 1.74. The van der Waals surface area contributed by atoms with Crippen LogP contribution >= 0.6 is 0 Å². The molecule has 2 aliphatic rings. The summed E-state index contributed by atoms with van der Waals surface area (Å²) >= 11 is 0. The number of morpholine rings is 1. The van der Waals surface area contributed by atoms with E-state index in [2.05, 4.69) is 4.90 Å². The van der Waals surface area contributed by atoms with Crippen LogP contribution in [0.25, 0.3) is 0 Å². The van der Waals surface area contributed by atoms with Crippen LogP contribution in [-0.4, -0.2) is 37.0 Å². The highest BCUT2D eigenvalue weighted by molar-refractivity contribution is 5.82. The molecular weight excluding hydrogens is 152 g/mol. The maximum Gasteiger partial charge on any atom is 0.0991 e. The third-order valence-electron chi connectivity index (χ3n) is 2.84. The van der Waals surface area contributed by atoms with Crippen molar-refractivity contribution in [2.45, 2.75) is 19.3 Å². The standard InChI is InChI=1S/C9H16N2O/c10-9(8-2-1-3-8)11-4-6-12-7-5-11/h8,10H,1-7H2. The monoisotopic (exact) mass is 168 g/mol. The van der Waals surface area contributed by atoms with Gasteiger partial charge in [-0.05, 0) is 12.8 Å². The summed E-state index contributed by atoms with van der Waals surface area (Å²) < 4.78 is 5.24. The zero-order valence-electron chi connectivity index (χ0n) is 7.38. The van der Waals surface area contributed by atoms with Crippen LogP contribution in [0.2, 0.25) is 0 Å². The van der Waals surface area contributed by atoms with E-state index in [1.807, 2.05) is 0 Å². The molecule has 3 nitrogen and oxygen atoms in total. The van der Waals surface area contributed by atoms with Gasteiger partial charge in [-0.25, -0.2) is 0 Å². The van der Waals surface area contributed by atoms with Gasteiger partial charge < -0.3 is 9.64 Å². The van der Waals surface area contributed by atoms with E-state index in [4.69, 9.17) is 10.1 Å². The van der Waals surface area contributed by atoms with Crippen LogP contribution in [-0.2, 0) is 4.74 Å². The summed E-state index contributed by atoms with van der Waals surface area (Å²) in [5, 5.41) is 7.91. The average molecular weight is 168 g/mol. The Morgan fingerprint density at radius 3 is 2.42 bits per heavy atom. The highest BCUT2D eigenvalue weighted by Gasteiger charge is 2.26. The molecular formula is C9H16N2O. The molecule has 0 radical (unpaired) electrons. The van der Waals surface area contributed by atoms with E-state index in [0.29, 0.717) is 5.92 Å². The van der Waals surface area contributed by atoms with Crippen molar-refractivity contribution < 1.29 is 4.74 Å². The van der Waals surface area contributed by atoms with Gasteiger partial charge in [-0.1, -0.05) is 6.42 Å². The minimum absolute atomic E-state index is 0.572. The second-order valence-electron chi connectivity index (χ2n) is 3.61. The second-order valence-corrected chi connectivity index (χ2v) is 3.61. The molecule has 1 aliphatic heterocycles. The molecule has 2 rings (SSSR count). The van der Waals surface area contributed by atoms with Gasteiger partial charge in [-0.3, -0.25) is 5.41 Å². The Morgan fingerprint density at radius 1 is 1.25 bits per heavy atom. The van der Waals surface area contributed by atoms with Crippen molar-refractivity contribution in [3.05, 3.63) is 0 Å². The van der Waals surface area contributed by atoms with E-state index in [1.165, 1.54) is 19.3 Å². The lowest BCUT2D eigenvalue weighted by molar-refractivity contribution is 0.0641. The topological polar surface area (TPSA) is 36.3 Å². The number of ether oxygens (including phenoxy) is 1. The molecule has 1 heterocycles. The highest BCUT2D eigenvalue weighted by Crippen LogP contribution is 2.28. The Kier molecular flexibility index (Phi) is 2.30. The van der Waals surface area contributed by atoms with Crippen molar-refractivity contribution in [2.75, 3.05) is 26.3 Å². The van der Waals surface area contributed by atoms with Crippen LogP contribution in [0.1, 0.15) is 19.3 Å². The summed E-state index contributed by atoms with van der Waals surface area (Å²) in [6, 6.07) is 0. The van der Waals surface area contributed by atoms with Gasteiger partial charge in [0.05, 0.1) is 19.0 Å². The molecule has 0 aromatic heterocycles. The first-order valence-electron chi connectivity index (χ1n) is 4.79. The number of hydrogen-bond acceptors (Lipinski definition) is 2. The smallest absolute Gasteiger partial charge is 0.0991 e. The van der Waals surface area contributed by atoms with E-state index >= 15 is 0 Å². The maximum absolute atomic E-state index is 7.91. The number of nitrogens with zero attached hydrogens (tertiary/aromatic N) is 1. The summed E-state index contributed by atoms with van der Waals surface area (Å²) in [5.74, 6) is 1.44. The molecule has 0 aromatic rings. The van der Waals surface area contributed by atoms with Gasteiger partial charge in [0, 0.05) is 19.0 Å². The molecule has 0 atom stereocenters. The molecule has 1 saturated heterocycles. The lowest BCUT2D eigenvalue weighted by atomic mass is 9.84. The Labute approximate surface area is 73.2 Å². The van der Waals surface area contributed by atoms with Gasteiger partial charge in [-0.2, -0.15) is 0 Å². The van der Waals surface area contributed by atoms with Crippen molar-refractivity contribution >= 4 is 5.84 Å². The third kappa shape index (κ3) is 1.46. The second kappa shape index (κ2) is 3.44. The molecule has 1 aliphatic carbocycles. The van der Waals surface area contributed by atoms with Crippen LogP contribution in [0, 0.1) is 11.3 Å². The van der Waals surface area contributed by atoms with E-state index in [1.54, 1.807) is 0 Å². The molecule has 0 spiro atoms. The van der Waals surface area contributed by atoms with Crippen molar-refractivity contribution in [3.8, 4) is 0 Å². The average Bonchev–Trinajstić information content (AvgIpc) is 2.03. The molecule has 1 saturated carbocycles. The van der Waals surface area contributed by atoms with Crippen LogP contribution in [0.15, 0.2) is 0 Å². The number of rotatable bonds is 1. The number of amidine groups is 1. The quantitative estimate of drug-likeness (QED) is 0.470. The van der Waals surface area contributed by atoms with Gasteiger partial charge in [0.1, 0.15) is 0 Å². The molecule has 3 heteroatoms. The Balaban J connectivity index is 1.84. The fraction of sp³-hybridized carbons (Fsp3) is 0.889. The molecule has 0 bridgehead atoms. The zero-order valence-corrected chi connectivity index (χ0v) is 7.38. The van der Waals surface area contributed by atoms with Gasteiger partial charge >= 0.3 is 0 Å². The van der Waals surface area contributed by atoms with Gasteiger partial charge in [0.25, 0.3) is 0 Å². The first kappa shape index (κ1) is 8.05. The minimum atomic E-state index is 0.572. The van der Waals surface area contributed by atoms with Crippen molar-refractivity contribution in [1.29, 1.82) is 5.41 Å².